The van der Waals surface area contributed by atoms with Crippen molar-refractivity contribution < 1.29 is 9.29 Å². The Hall–Kier alpha value is -1.83. The zero-order chi connectivity index (χ0) is 15.5. The number of quaternary nitrogens is 1. The summed E-state index contributed by atoms with van der Waals surface area (Å²) in [5.74, 6) is 0.585. The molecule has 0 saturated carbocycles. The third kappa shape index (κ3) is 3.49. The third-order valence-corrected chi connectivity index (χ3v) is 4.44. The van der Waals surface area contributed by atoms with Gasteiger partial charge in [-0.05, 0) is 35.8 Å². The summed E-state index contributed by atoms with van der Waals surface area (Å²) in [6.07, 6.45) is 0. The molecule has 2 aromatic heterocycles. The van der Waals surface area contributed by atoms with Crippen LogP contribution in [0.1, 0.15) is 5.56 Å². The van der Waals surface area contributed by atoms with Crippen molar-refractivity contribution in [3.8, 4) is 10.7 Å². The fourth-order valence-corrected chi connectivity index (χ4v) is 3.17. The Bertz CT molecular complexity index is 807. The highest BCUT2D eigenvalue weighted by Crippen LogP contribution is 2.20. The predicted molar refractivity (Wildman–Crippen MR) is 87.7 cm³/mol. The van der Waals surface area contributed by atoms with Crippen LogP contribution in [0.4, 0.5) is 4.39 Å². The summed E-state index contributed by atoms with van der Waals surface area (Å²) in [6.45, 7) is 1.36. The Morgan fingerprint density at radius 3 is 2.95 bits per heavy atom. The molecule has 0 aliphatic carbocycles. The standard InChI is InChI=1S/C15H15FN4S2/c1-19(9-11-4-2-5-12(16)8-11)10-20-15(21)17-14(18-20)13-6-3-7-22-13/h2-8H,9-10H2,1H3,(H,17,18,21)/p+1. The van der Waals surface area contributed by atoms with Gasteiger partial charge in [0.2, 0.25) is 4.77 Å². The van der Waals surface area contributed by atoms with Crippen molar-refractivity contribution in [1.29, 1.82) is 0 Å². The zero-order valence-electron chi connectivity index (χ0n) is 12.0. The van der Waals surface area contributed by atoms with E-state index in [-0.39, 0.29) is 5.82 Å². The summed E-state index contributed by atoms with van der Waals surface area (Å²) < 4.78 is 15.6. The summed E-state index contributed by atoms with van der Waals surface area (Å²) in [6, 6.07) is 10.7. The van der Waals surface area contributed by atoms with Gasteiger partial charge in [0.25, 0.3) is 0 Å². The molecule has 0 amide bonds. The van der Waals surface area contributed by atoms with Crippen LogP contribution in [0, 0.1) is 10.6 Å². The molecule has 0 aliphatic heterocycles. The highest BCUT2D eigenvalue weighted by Gasteiger charge is 2.10. The van der Waals surface area contributed by atoms with E-state index in [1.807, 2.05) is 35.3 Å². The minimum absolute atomic E-state index is 0.205. The normalized spacial score (nSPS) is 12.5. The number of nitrogens with one attached hydrogen (secondary N) is 2. The van der Waals surface area contributed by atoms with E-state index in [0.717, 1.165) is 16.3 Å². The van der Waals surface area contributed by atoms with Gasteiger partial charge in [-0.2, -0.15) is 4.98 Å². The molecule has 0 saturated heterocycles. The van der Waals surface area contributed by atoms with Gasteiger partial charge in [0.1, 0.15) is 12.4 Å². The van der Waals surface area contributed by atoms with Crippen molar-refractivity contribution in [1.82, 2.24) is 14.8 Å². The molecular formula is C15H16FN4S2+. The van der Waals surface area contributed by atoms with Gasteiger partial charge in [-0.15, -0.1) is 11.3 Å². The second kappa shape index (κ2) is 6.51. The molecule has 0 fully saturated rings. The maximum absolute atomic E-state index is 13.2. The minimum atomic E-state index is -0.205. The first-order chi connectivity index (χ1) is 10.6. The molecule has 1 aromatic carbocycles. The summed E-state index contributed by atoms with van der Waals surface area (Å²) in [4.78, 5) is 6.63. The Morgan fingerprint density at radius 1 is 1.36 bits per heavy atom. The van der Waals surface area contributed by atoms with Crippen molar-refractivity contribution in [2.75, 3.05) is 7.05 Å². The third-order valence-electron chi connectivity index (χ3n) is 3.26. The van der Waals surface area contributed by atoms with Crippen molar-refractivity contribution in [3.63, 3.8) is 0 Å². The number of aromatic nitrogens is 3. The number of hydrogen-bond acceptors (Lipinski definition) is 3. The number of thiophene rings is 1. The van der Waals surface area contributed by atoms with Crippen molar-refractivity contribution >= 4 is 23.6 Å². The Balaban J connectivity index is 1.72. The van der Waals surface area contributed by atoms with E-state index in [9.17, 15) is 4.39 Å². The van der Waals surface area contributed by atoms with Crippen LogP contribution in [-0.4, -0.2) is 21.8 Å². The first-order valence-corrected chi connectivity index (χ1v) is 8.17. The molecule has 7 heteroatoms. The molecule has 1 atom stereocenters. The predicted octanol–water partition coefficient (Wildman–Crippen LogP) is 2.48. The number of halogens is 1. The zero-order valence-corrected chi connectivity index (χ0v) is 13.7. The molecule has 0 aliphatic rings. The minimum Gasteiger partial charge on any atom is -0.315 e. The van der Waals surface area contributed by atoms with Crippen molar-refractivity contribution in [2.45, 2.75) is 13.2 Å². The average molecular weight is 335 g/mol. The Morgan fingerprint density at radius 2 is 2.23 bits per heavy atom. The van der Waals surface area contributed by atoms with Crippen LogP contribution in [0.15, 0.2) is 41.8 Å². The molecule has 114 valence electrons. The van der Waals surface area contributed by atoms with Gasteiger partial charge in [0.15, 0.2) is 12.5 Å². The van der Waals surface area contributed by atoms with Crippen LogP contribution in [0.5, 0.6) is 0 Å². The monoisotopic (exact) mass is 335 g/mol. The van der Waals surface area contributed by atoms with Crippen LogP contribution >= 0.6 is 23.6 Å². The summed E-state index contributed by atoms with van der Waals surface area (Å²) in [5, 5.41) is 5.24. The highest BCUT2D eigenvalue weighted by molar-refractivity contribution is 7.71. The number of H-pyrrole nitrogens is 1. The molecule has 0 bridgehead atoms. The summed E-state index contributed by atoms with van der Waals surface area (Å²) in [5.41, 5.74) is 0.960. The molecule has 2 heterocycles. The van der Waals surface area contributed by atoms with Gasteiger partial charge in [-0.1, -0.05) is 18.2 Å². The van der Waals surface area contributed by atoms with Gasteiger partial charge in [0, 0.05) is 5.56 Å². The fourth-order valence-electron chi connectivity index (χ4n) is 2.31. The molecule has 22 heavy (non-hydrogen) atoms. The Labute approximate surface area is 136 Å². The molecule has 4 nitrogen and oxygen atoms in total. The quantitative estimate of drug-likeness (QED) is 0.703. The average Bonchev–Trinajstić information content (AvgIpc) is 3.09. The molecular weight excluding hydrogens is 319 g/mol. The lowest BCUT2D eigenvalue weighted by molar-refractivity contribution is -0.917. The fraction of sp³-hybridized carbons (Fsp3) is 0.200. The first-order valence-electron chi connectivity index (χ1n) is 6.88. The lowest BCUT2D eigenvalue weighted by Gasteiger charge is -2.14. The van der Waals surface area contributed by atoms with E-state index in [4.69, 9.17) is 12.2 Å². The molecule has 0 radical (unpaired) electrons. The highest BCUT2D eigenvalue weighted by atomic mass is 32.1. The van der Waals surface area contributed by atoms with Gasteiger partial charge < -0.3 is 4.90 Å². The number of benzene rings is 1. The van der Waals surface area contributed by atoms with Crippen LogP contribution < -0.4 is 4.90 Å². The maximum Gasteiger partial charge on any atom is 0.221 e. The number of rotatable bonds is 5. The number of hydrogen-bond donors (Lipinski definition) is 2. The first kappa shape index (κ1) is 15.1. The summed E-state index contributed by atoms with van der Waals surface area (Å²) in [7, 11) is 2.04. The SMILES string of the molecule is C[NH+](Cc1cccc(F)c1)Cn1[nH]c(-c2cccs2)nc1=S. The van der Waals surface area contributed by atoms with E-state index in [0.29, 0.717) is 18.0 Å². The van der Waals surface area contributed by atoms with Crippen molar-refractivity contribution in [3.05, 3.63) is 57.9 Å². The van der Waals surface area contributed by atoms with Crippen LogP contribution in [-0.2, 0) is 13.2 Å². The topological polar surface area (TPSA) is 38.0 Å². The van der Waals surface area contributed by atoms with Gasteiger partial charge in [-0.3, -0.25) is 5.10 Å². The van der Waals surface area contributed by atoms with Crippen LogP contribution in [0.2, 0.25) is 0 Å². The smallest absolute Gasteiger partial charge is 0.221 e. The molecule has 2 N–H and O–H groups in total. The van der Waals surface area contributed by atoms with Crippen LogP contribution in [0.25, 0.3) is 10.7 Å². The maximum atomic E-state index is 13.2. The number of nitrogens with zero attached hydrogens (tertiary/aromatic N) is 2. The van der Waals surface area contributed by atoms with Crippen molar-refractivity contribution in [2.24, 2.45) is 0 Å². The second-order valence-corrected chi connectivity index (χ2v) is 6.49. The van der Waals surface area contributed by atoms with E-state index >= 15 is 0 Å². The second-order valence-electron chi connectivity index (χ2n) is 5.18. The van der Waals surface area contributed by atoms with E-state index < -0.39 is 0 Å². The van der Waals surface area contributed by atoms with E-state index in [1.54, 1.807) is 23.5 Å². The van der Waals surface area contributed by atoms with Crippen LogP contribution in [0.3, 0.4) is 0 Å². The van der Waals surface area contributed by atoms with Gasteiger partial charge in [-0.25, -0.2) is 9.07 Å². The molecule has 0 spiro atoms. The van der Waals surface area contributed by atoms with Gasteiger partial charge in [0.05, 0.1) is 11.9 Å². The number of aromatic amines is 1. The lowest BCUT2D eigenvalue weighted by Crippen LogP contribution is -3.07. The molecule has 3 rings (SSSR count). The largest absolute Gasteiger partial charge is 0.315 e. The molecule has 1 unspecified atom stereocenters. The van der Waals surface area contributed by atoms with E-state index in [2.05, 4.69) is 10.1 Å². The molecule has 3 aromatic rings. The van der Waals surface area contributed by atoms with E-state index in [1.165, 1.54) is 11.0 Å². The summed E-state index contributed by atoms with van der Waals surface area (Å²) >= 11 is 6.92. The van der Waals surface area contributed by atoms with Gasteiger partial charge >= 0.3 is 0 Å². The lowest BCUT2D eigenvalue weighted by atomic mass is 10.2. The Kier molecular flexibility index (Phi) is 4.47.